The lowest BCUT2D eigenvalue weighted by molar-refractivity contribution is -0.275. The van der Waals surface area contributed by atoms with E-state index in [1.807, 2.05) is 36.2 Å². The van der Waals surface area contributed by atoms with Gasteiger partial charge in [-0.2, -0.15) is 4.98 Å². The van der Waals surface area contributed by atoms with Gasteiger partial charge in [0.15, 0.2) is 5.82 Å². The lowest BCUT2D eigenvalue weighted by Crippen LogP contribution is -2.29. The van der Waals surface area contributed by atoms with Gasteiger partial charge in [0, 0.05) is 55.0 Å². The van der Waals surface area contributed by atoms with Crippen LogP contribution in [0.3, 0.4) is 0 Å². The van der Waals surface area contributed by atoms with Gasteiger partial charge in [0.25, 0.3) is 0 Å². The van der Waals surface area contributed by atoms with Gasteiger partial charge >= 0.3 is 12.3 Å². The molecule has 2 saturated heterocycles. The lowest BCUT2D eigenvalue weighted by atomic mass is 10.0. The summed E-state index contributed by atoms with van der Waals surface area (Å²) in [5.74, 6) is -1.47. The fourth-order valence-corrected chi connectivity index (χ4v) is 6.14. The monoisotopic (exact) mass is 650 g/mol. The first-order valence-corrected chi connectivity index (χ1v) is 15.0. The van der Waals surface area contributed by atoms with Gasteiger partial charge in [-0.3, -0.25) is 4.79 Å². The molecule has 0 saturated carbocycles. The van der Waals surface area contributed by atoms with Crippen molar-refractivity contribution >= 4 is 45.9 Å². The molecule has 4 aromatic rings. The van der Waals surface area contributed by atoms with E-state index < -0.39 is 30.2 Å². The minimum atomic E-state index is -5.09. The number of nitrogens with zero attached hydrogens (tertiary/aromatic N) is 5. The second-order valence-corrected chi connectivity index (χ2v) is 11.9. The van der Waals surface area contributed by atoms with Crippen LogP contribution in [0.15, 0.2) is 55.4 Å². The van der Waals surface area contributed by atoms with Crippen molar-refractivity contribution in [2.75, 3.05) is 48.8 Å². The zero-order valence-corrected chi connectivity index (χ0v) is 25.9. The second kappa shape index (κ2) is 12.5. The Bertz CT molecular complexity index is 1830. The van der Waals surface area contributed by atoms with Crippen molar-refractivity contribution in [3.8, 4) is 17.1 Å². The number of alkyl halides is 3. The number of hydrogen-bond acceptors (Lipinski definition) is 10. The number of anilines is 4. The van der Waals surface area contributed by atoms with Crippen LogP contribution in [0.5, 0.6) is 5.88 Å². The Kier molecular flexibility index (Phi) is 8.49. The molecule has 0 aliphatic carbocycles. The molecular weight excluding hydrogens is 617 g/mol. The first-order chi connectivity index (χ1) is 22.4. The van der Waals surface area contributed by atoms with E-state index in [1.54, 1.807) is 20.0 Å². The van der Waals surface area contributed by atoms with E-state index in [1.165, 1.54) is 12.3 Å². The van der Waals surface area contributed by atoms with E-state index in [4.69, 9.17) is 4.74 Å². The van der Waals surface area contributed by atoms with E-state index in [2.05, 4.69) is 46.8 Å². The van der Waals surface area contributed by atoms with Crippen molar-refractivity contribution in [1.29, 1.82) is 0 Å². The number of carbonyl (C=O) groups excluding carboxylic acids is 2. The van der Waals surface area contributed by atoms with Crippen molar-refractivity contribution in [3.05, 3.63) is 60.9 Å². The van der Waals surface area contributed by atoms with Crippen LogP contribution < -0.4 is 20.3 Å². The number of hydrogen-bond donors (Lipinski definition) is 3. The standard InChI is InChI=1S/C32H33F3N8O4/c1-5-26(44)38-24-10-25(29(47-32(33,34)35)41-28(24)43-15-18-13-42(4)14-19(18)16-43)39-31-37-12-22(30(45)46-17(2)3)27(40-31)21-11-36-23-9-7-6-8-20(21)23/h5-12,17-19,36H,1,13-16H2,2-4H3,(H,38,44)(H,37,39,40)/t18-,19+. The molecule has 0 bridgehead atoms. The molecule has 2 aliphatic rings. The molecular formula is C32H33F3N8O4. The summed E-state index contributed by atoms with van der Waals surface area (Å²) in [6.45, 7) is 9.67. The molecule has 1 aromatic carbocycles. The smallest absolute Gasteiger partial charge is 0.459 e. The predicted molar refractivity (Wildman–Crippen MR) is 170 cm³/mol. The Morgan fingerprint density at radius 2 is 1.83 bits per heavy atom. The van der Waals surface area contributed by atoms with E-state index in [9.17, 15) is 22.8 Å². The molecule has 3 N–H and O–H groups in total. The van der Waals surface area contributed by atoms with Gasteiger partial charge in [-0.25, -0.2) is 14.8 Å². The van der Waals surface area contributed by atoms with Crippen LogP contribution in [0.4, 0.5) is 36.3 Å². The molecule has 1 amide bonds. The molecule has 6 rings (SSSR count). The molecule has 246 valence electrons. The quantitative estimate of drug-likeness (QED) is 0.161. The number of carbonyl (C=O) groups is 2. The Hall–Kier alpha value is -5.18. The number of para-hydroxylation sites is 1. The van der Waals surface area contributed by atoms with Crippen molar-refractivity contribution in [1.82, 2.24) is 24.8 Å². The van der Waals surface area contributed by atoms with Gasteiger partial charge in [-0.15, -0.1) is 13.2 Å². The topological polar surface area (TPSA) is 138 Å². The average molecular weight is 651 g/mol. The maximum absolute atomic E-state index is 13.7. The number of H-pyrrole nitrogens is 1. The molecule has 5 heterocycles. The predicted octanol–water partition coefficient (Wildman–Crippen LogP) is 5.35. The van der Waals surface area contributed by atoms with Gasteiger partial charge in [0.05, 0.1) is 17.5 Å². The van der Waals surface area contributed by atoms with Crippen molar-refractivity contribution in [3.63, 3.8) is 0 Å². The van der Waals surface area contributed by atoms with Gasteiger partial charge in [-0.1, -0.05) is 24.8 Å². The number of aromatic nitrogens is 4. The van der Waals surface area contributed by atoms with Crippen molar-refractivity contribution in [2.24, 2.45) is 11.8 Å². The number of aromatic amines is 1. The molecule has 47 heavy (non-hydrogen) atoms. The summed E-state index contributed by atoms with van der Waals surface area (Å²) in [6, 6.07) is 8.65. The van der Waals surface area contributed by atoms with Crippen LogP contribution in [0, 0.1) is 11.8 Å². The van der Waals surface area contributed by atoms with Crippen molar-refractivity contribution in [2.45, 2.75) is 26.3 Å². The Morgan fingerprint density at radius 1 is 1.11 bits per heavy atom. The number of benzene rings is 1. The number of likely N-dealkylation sites (tertiary alicyclic amines) is 1. The van der Waals surface area contributed by atoms with Gasteiger partial charge in [-0.05, 0) is 50.9 Å². The largest absolute Gasteiger partial charge is 0.574 e. The number of ether oxygens (including phenoxy) is 2. The summed E-state index contributed by atoms with van der Waals surface area (Å²) in [4.78, 5) is 45.8. The van der Waals surface area contributed by atoms with E-state index >= 15 is 0 Å². The van der Waals surface area contributed by atoms with E-state index in [0.717, 1.165) is 30.1 Å². The minimum Gasteiger partial charge on any atom is -0.459 e. The molecule has 12 nitrogen and oxygen atoms in total. The summed E-state index contributed by atoms with van der Waals surface area (Å²) in [5, 5.41) is 6.19. The van der Waals surface area contributed by atoms with E-state index in [-0.39, 0.29) is 34.4 Å². The summed E-state index contributed by atoms with van der Waals surface area (Å²) in [6.07, 6.45) is -1.55. The van der Waals surface area contributed by atoms with Crippen LogP contribution in [-0.2, 0) is 9.53 Å². The zero-order valence-electron chi connectivity index (χ0n) is 25.9. The molecule has 3 aromatic heterocycles. The third-order valence-electron chi connectivity index (χ3n) is 8.03. The van der Waals surface area contributed by atoms with Crippen LogP contribution in [0.2, 0.25) is 0 Å². The molecule has 0 radical (unpaired) electrons. The van der Waals surface area contributed by atoms with Crippen LogP contribution >= 0.6 is 0 Å². The number of fused-ring (bicyclic) bond motifs is 2. The summed E-state index contributed by atoms with van der Waals surface area (Å²) >= 11 is 0. The highest BCUT2D eigenvalue weighted by Gasteiger charge is 2.41. The SMILES string of the molecule is C=CC(=O)Nc1cc(Nc2ncc(C(=O)OC(C)C)c(-c3c[nH]c4ccccc34)n2)c(OC(F)(F)F)nc1N1C[C@H]2CN(C)C[C@H]2C1. The fraction of sp³-hybridized carbons (Fsp3) is 0.344. The number of amides is 1. The summed E-state index contributed by atoms with van der Waals surface area (Å²) in [7, 11) is 2.03. The Balaban J connectivity index is 1.43. The maximum Gasteiger partial charge on any atom is 0.574 e. The van der Waals surface area contributed by atoms with Gasteiger partial charge in [0.2, 0.25) is 17.7 Å². The summed E-state index contributed by atoms with van der Waals surface area (Å²) in [5.41, 5.74) is 1.44. The highest BCUT2D eigenvalue weighted by atomic mass is 19.4. The lowest BCUT2D eigenvalue weighted by Gasteiger charge is -2.25. The van der Waals surface area contributed by atoms with Gasteiger partial charge in [0.1, 0.15) is 11.3 Å². The molecule has 2 aliphatic heterocycles. The minimum absolute atomic E-state index is 0.0541. The molecule has 15 heteroatoms. The third-order valence-corrected chi connectivity index (χ3v) is 8.03. The molecule has 2 atom stereocenters. The number of halogens is 3. The third kappa shape index (κ3) is 6.84. The zero-order chi connectivity index (χ0) is 33.5. The van der Waals surface area contributed by atoms with Crippen LogP contribution in [-0.4, -0.2) is 82.4 Å². The number of esters is 1. The first kappa shape index (κ1) is 31.8. The first-order valence-electron chi connectivity index (χ1n) is 15.0. The Labute approximate surface area is 268 Å². The number of rotatable bonds is 9. The number of nitrogens with one attached hydrogen (secondary N) is 3. The van der Waals surface area contributed by atoms with Gasteiger partial charge < -0.3 is 34.9 Å². The highest BCUT2D eigenvalue weighted by molar-refractivity contribution is 6.03. The maximum atomic E-state index is 13.7. The van der Waals surface area contributed by atoms with E-state index in [0.29, 0.717) is 30.5 Å². The fourth-order valence-electron chi connectivity index (χ4n) is 6.14. The van der Waals surface area contributed by atoms with Crippen molar-refractivity contribution < 1.29 is 32.2 Å². The number of pyridine rings is 1. The normalized spacial score (nSPS) is 18.0. The highest BCUT2D eigenvalue weighted by Crippen LogP contribution is 2.41. The summed E-state index contributed by atoms with van der Waals surface area (Å²) < 4.78 is 51.0. The molecule has 0 spiro atoms. The van der Waals surface area contributed by atoms with Crippen LogP contribution in [0.1, 0.15) is 24.2 Å². The second-order valence-electron chi connectivity index (χ2n) is 11.9. The average Bonchev–Trinajstić information content (AvgIpc) is 3.70. The molecule has 2 fully saturated rings. The Morgan fingerprint density at radius 3 is 2.51 bits per heavy atom. The van der Waals surface area contributed by atoms with Crippen LogP contribution in [0.25, 0.3) is 22.2 Å². The molecule has 0 unspecified atom stereocenters.